The van der Waals surface area contributed by atoms with Crippen molar-refractivity contribution in [3.8, 4) is 0 Å². The predicted molar refractivity (Wildman–Crippen MR) is 73.2 cm³/mol. The van der Waals surface area contributed by atoms with Crippen molar-refractivity contribution in [1.82, 2.24) is 0 Å². The van der Waals surface area contributed by atoms with Crippen LogP contribution >= 0.6 is 0 Å². The van der Waals surface area contributed by atoms with E-state index in [2.05, 4.69) is 18.7 Å². The molecule has 0 fully saturated rings. The van der Waals surface area contributed by atoms with Crippen molar-refractivity contribution in [3.63, 3.8) is 0 Å². The lowest BCUT2D eigenvalue weighted by molar-refractivity contribution is 1.50. The normalized spacial score (nSPS) is 10.1. The van der Waals surface area contributed by atoms with Gasteiger partial charge in [-0.15, -0.1) is 0 Å². The highest BCUT2D eigenvalue weighted by molar-refractivity contribution is 5.37. The van der Waals surface area contributed by atoms with Gasteiger partial charge in [-0.05, 0) is 17.4 Å². The second kappa shape index (κ2) is 12.7. The Morgan fingerprint density at radius 1 is 1.00 bits per heavy atom. The first-order valence-corrected chi connectivity index (χ1v) is 5.71. The highest BCUT2D eigenvalue weighted by atomic mass is 13.8. The van der Waals surface area contributed by atoms with Gasteiger partial charge in [0.2, 0.25) is 0 Å². The van der Waals surface area contributed by atoms with E-state index in [1.807, 2.05) is 65.0 Å². The van der Waals surface area contributed by atoms with Gasteiger partial charge in [-0.2, -0.15) is 0 Å². The summed E-state index contributed by atoms with van der Waals surface area (Å²) in [6.07, 6.45) is 6.08. The van der Waals surface area contributed by atoms with Crippen LogP contribution in [-0.4, -0.2) is 0 Å². The molecular formula is C15H24. The molecule has 0 aliphatic rings. The number of allylic oxidation sites excluding steroid dienone is 2. The van der Waals surface area contributed by atoms with Gasteiger partial charge in [0, 0.05) is 0 Å². The van der Waals surface area contributed by atoms with E-state index in [9.17, 15) is 0 Å². The zero-order valence-electron chi connectivity index (χ0n) is 10.7. The molecule has 0 N–H and O–H groups in total. The van der Waals surface area contributed by atoms with Gasteiger partial charge in [-0.1, -0.05) is 76.8 Å². The van der Waals surface area contributed by atoms with Gasteiger partial charge in [0.05, 0.1) is 0 Å². The van der Waals surface area contributed by atoms with Gasteiger partial charge in [0.15, 0.2) is 0 Å². The van der Waals surface area contributed by atoms with Gasteiger partial charge in [-0.25, -0.2) is 0 Å². The topological polar surface area (TPSA) is 0 Å². The van der Waals surface area contributed by atoms with E-state index in [0.717, 1.165) is 5.22 Å². The van der Waals surface area contributed by atoms with Gasteiger partial charge in [-0.3, -0.25) is 0 Å². The van der Waals surface area contributed by atoms with Crippen LogP contribution in [-0.2, 0) is 0 Å². The summed E-state index contributed by atoms with van der Waals surface area (Å²) in [5, 5.41) is 2.26. The van der Waals surface area contributed by atoms with Crippen molar-refractivity contribution in [2.45, 2.75) is 34.6 Å². The third-order valence-electron chi connectivity index (χ3n) is 1.52. The largest absolute Gasteiger partial charge is 0.0912 e. The second-order valence-electron chi connectivity index (χ2n) is 2.39. The molecule has 0 unspecified atom stereocenters. The average Bonchev–Trinajstić information content (AvgIpc) is 2.33. The molecule has 0 bridgehead atoms. The molecule has 1 aromatic rings. The van der Waals surface area contributed by atoms with Crippen LogP contribution in [0.2, 0.25) is 0 Å². The minimum atomic E-state index is 1.07. The fraction of sp³-hybridized carbons (Fsp3) is 0.333. The molecule has 0 atom stereocenters. The summed E-state index contributed by atoms with van der Waals surface area (Å²) < 4.78 is 0. The van der Waals surface area contributed by atoms with E-state index < -0.39 is 0 Å². The van der Waals surface area contributed by atoms with Crippen LogP contribution in [0.5, 0.6) is 0 Å². The molecule has 0 nitrogen and oxygen atoms in total. The molecule has 0 aliphatic heterocycles. The first-order chi connectivity index (χ1) is 7.34. The minimum Gasteiger partial charge on any atom is -0.0912 e. The summed E-state index contributed by atoms with van der Waals surface area (Å²) in [6, 6.07) is 8.08. The van der Waals surface area contributed by atoms with Gasteiger partial charge < -0.3 is 0 Å². The Morgan fingerprint density at radius 2 is 1.53 bits per heavy atom. The molecule has 0 heteroatoms. The fourth-order valence-corrected chi connectivity index (χ4v) is 0.897. The Kier molecular flexibility index (Phi) is 13.7. The van der Waals surface area contributed by atoms with Crippen molar-refractivity contribution in [2.75, 3.05) is 0 Å². The summed E-state index contributed by atoms with van der Waals surface area (Å²) in [7, 11) is 0. The molecule has 0 saturated carbocycles. The van der Waals surface area contributed by atoms with Crippen molar-refractivity contribution in [3.05, 3.63) is 46.9 Å². The van der Waals surface area contributed by atoms with E-state index in [1.54, 1.807) is 0 Å². The Labute approximate surface area is 94.7 Å². The molecule has 0 spiro atoms. The third kappa shape index (κ3) is 7.75. The lowest BCUT2D eigenvalue weighted by atomic mass is 10.2. The monoisotopic (exact) mass is 204 g/mol. The maximum absolute atomic E-state index is 3.91. The summed E-state index contributed by atoms with van der Waals surface area (Å²) in [6.45, 7) is 13.9. The Morgan fingerprint density at radius 3 is 2.00 bits per heavy atom. The van der Waals surface area contributed by atoms with Crippen LogP contribution in [0.1, 0.15) is 34.6 Å². The summed E-state index contributed by atoms with van der Waals surface area (Å²) >= 11 is 0. The lowest BCUT2D eigenvalue weighted by Crippen LogP contribution is -2.21. The summed E-state index contributed by atoms with van der Waals surface area (Å²) in [5.74, 6) is 0. The minimum absolute atomic E-state index is 1.07. The average molecular weight is 204 g/mol. The number of benzene rings is 1. The first-order valence-electron chi connectivity index (χ1n) is 5.71. The molecule has 0 radical (unpaired) electrons. The molecule has 15 heavy (non-hydrogen) atoms. The molecular weight excluding hydrogens is 180 g/mol. The summed E-state index contributed by atoms with van der Waals surface area (Å²) in [5.41, 5.74) is 0. The molecule has 0 aliphatic carbocycles. The second-order valence-corrected chi connectivity index (χ2v) is 2.39. The zero-order valence-corrected chi connectivity index (χ0v) is 10.7. The van der Waals surface area contributed by atoms with Crippen LogP contribution in [0, 0.1) is 0 Å². The fourth-order valence-electron chi connectivity index (χ4n) is 0.897. The molecule has 0 aromatic heterocycles. The Bertz CT molecular complexity index is 345. The van der Waals surface area contributed by atoms with Crippen LogP contribution in [0.15, 0.2) is 36.4 Å². The maximum atomic E-state index is 3.91. The lowest BCUT2D eigenvalue weighted by Gasteiger charge is -1.84. The molecule has 1 aromatic carbocycles. The van der Waals surface area contributed by atoms with Crippen LogP contribution in [0.25, 0.3) is 12.7 Å². The van der Waals surface area contributed by atoms with E-state index in [0.29, 0.717) is 0 Å². The van der Waals surface area contributed by atoms with Gasteiger partial charge in [0.25, 0.3) is 0 Å². The highest BCUT2D eigenvalue weighted by Gasteiger charge is 1.76. The first kappa shape index (κ1) is 16.1. The Balaban J connectivity index is 0. The van der Waals surface area contributed by atoms with Crippen molar-refractivity contribution >= 4 is 12.7 Å². The molecule has 84 valence electrons. The van der Waals surface area contributed by atoms with Gasteiger partial charge >= 0.3 is 0 Å². The zero-order chi connectivity index (χ0) is 12.1. The highest BCUT2D eigenvalue weighted by Crippen LogP contribution is 1.73. The van der Waals surface area contributed by atoms with Crippen molar-refractivity contribution < 1.29 is 0 Å². The molecule has 0 heterocycles. The van der Waals surface area contributed by atoms with Crippen molar-refractivity contribution in [1.29, 1.82) is 0 Å². The van der Waals surface area contributed by atoms with E-state index in [4.69, 9.17) is 0 Å². The Hall–Kier alpha value is -1.30. The number of hydrogen-bond donors (Lipinski definition) is 0. The smallest absolute Gasteiger partial charge is 0.0190 e. The SMILES string of the molecule is C=c1cccc/c1=C/C=C\C.CC.CC. The van der Waals surface area contributed by atoms with Crippen molar-refractivity contribution in [2.24, 2.45) is 0 Å². The van der Waals surface area contributed by atoms with Crippen LogP contribution in [0.3, 0.4) is 0 Å². The third-order valence-corrected chi connectivity index (χ3v) is 1.52. The number of rotatable bonds is 1. The van der Waals surface area contributed by atoms with E-state index in [1.165, 1.54) is 5.22 Å². The molecule has 0 amide bonds. The molecule has 0 saturated heterocycles. The summed E-state index contributed by atoms with van der Waals surface area (Å²) in [4.78, 5) is 0. The van der Waals surface area contributed by atoms with Crippen LogP contribution in [0.4, 0.5) is 0 Å². The van der Waals surface area contributed by atoms with Gasteiger partial charge in [0.1, 0.15) is 0 Å². The quantitative estimate of drug-likeness (QED) is 0.657. The molecule has 1 rings (SSSR count). The van der Waals surface area contributed by atoms with Crippen LogP contribution < -0.4 is 10.4 Å². The van der Waals surface area contributed by atoms with E-state index >= 15 is 0 Å². The maximum Gasteiger partial charge on any atom is -0.0190 e. The van der Waals surface area contributed by atoms with E-state index in [-0.39, 0.29) is 0 Å². The number of hydrogen-bond acceptors (Lipinski definition) is 0. The standard InChI is InChI=1S/C11H12.2C2H6/c1-3-4-8-11-9-6-5-7-10(11)2;2*1-2/h3-9H,2H2,1H3;2*1-2H3/b4-3-,11-8-;;. The predicted octanol–water partition coefficient (Wildman–Crippen LogP) is 3.51.